The number of hydrogen-bond donors (Lipinski definition) is 1. The third-order valence-corrected chi connectivity index (χ3v) is 5.64. The quantitative estimate of drug-likeness (QED) is 0.901. The maximum absolute atomic E-state index is 12.8. The van der Waals surface area contributed by atoms with E-state index in [1.165, 1.54) is 11.3 Å². The molecule has 0 bridgehead atoms. The number of hydrogen-bond acceptors (Lipinski definition) is 2. The zero-order valence-corrected chi connectivity index (χ0v) is 15.2. The van der Waals surface area contributed by atoms with Crippen LogP contribution in [-0.2, 0) is 0 Å². The van der Waals surface area contributed by atoms with E-state index in [1.807, 2.05) is 11.0 Å². The minimum absolute atomic E-state index is 0.106. The third kappa shape index (κ3) is 3.69. The van der Waals surface area contributed by atoms with Gasteiger partial charge in [0.2, 0.25) is 0 Å². The molecule has 0 saturated carbocycles. The van der Waals surface area contributed by atoms with E-state index in [2.05, 4.69) is 64.8 Å². The van der Waals surface area contributed by atoms with Crippen LogP contribution < -0.4 is 10.2 Å². The second-order valence-electron chi connectivity index (χ2n) is 7.31. The highest BCUT2D eigenvalue weighted by molar-refractivity contribution is 5.75. The Morgan fingerprint density at radius 1 is 0.846 bits per heavy atom. The van der Waals surface area contributed by atoms with Crippen molar-refractivity contribution in [3.05, 3.63) is 66.2 Å². The number of urea groups is 1. The van der Waals surface area contributed by atoms with Crippen molar-refractivity contribution in [3.8, 4) is 0 Å². The molecule has 2 amide bonds. The lowest BCUT2D eigenvalue weighted by atomic mass is 10.0. The highest BCUT2D eigenvalue weighted by Crippen LogP contribution is 2.32. The van der Waals surface area contributed by atoms with Crippen LogP contribution in [0.5, 0.6) is 0 Å². The highest BCUT2D eigenvalue weighted by atomic mass is 16.2. The Hall–Kier alpha value is -2.49. The van der Waals surface area contributed by atoms with Crippen LogP contribution in [0.15, 0.2) is 60.7 Å². The van der Waals surface area contributed by atoms with Crippen molar-refractivity contribution in [2.75, 3.05) is 24.5 Å². The smallest absolute Gasteiger partial charge is 0.318 e. The second kappa shape index (κ2) is 7.81. The van der Waals surface area contributed by atoms with Crippen molar-refractivity contribution in [2.24, 2.45) is 0 Å². The summed E-state index contributed by atoms with van der Waals surface area (Å²) in [6.45, 7) is 2.85. The van der Waals surface area contributed by atoms with Gasteiger partial charge in [-0.3, -0.25) is 0 Å². The molecule has 1 atom stereocenters. The van der Waals surface area contributed by atoms with Crippen LogP contribution >= 0.6 is 0 Å². The molecule has 2 saturated heterocycles. The van der Waals surface area contributed by atoms with Gasteiger partial charge < -0.3 is 15.1 Å². The van der Waals surface area contributed by atoms with Crippen molar-refractivity contribution in [1.82, 2.24) is 10.2 Å². The number of nitrogens with zero attached hydrogens (tertiary/aromatic N) is 2. The standard InChI is InChI=1S/C22H27N3O/c26-22(25-15-7-12-21(25)18-8-3-1-4-9-18)23-19-13-16-24(17-14-19)20-10-5-2-6-11-20/h1-6,8-11,19,21H,7,12-17H2,(H,23,26). The number of carbonyl (C=O) groups is 1. The van der Waals surface area contributed by atoms with Crippen LogP contribution in [0.2, 0.25) is 0 Å². The first-order chi connectivity index (χ1) is 12.8. The highest BCUT2D eigenvalue weighted by Gasteiger charge is 2.31. The maximum atomic E-state index is 12.8. The van der Waals surface area contributed by atoms with Crippen LogP contribution in [0.3, 0.4) is 0 Å². The molecule has 4 rings (SSSR count). The molecule has 0 radical (unpaired) electrons. The number of benzene rings is 2. The molecule has 136 valence electrons. The molecule has 0 aliphatic carbocycles. The van der Waals surface area contributed by atoms with E-state index in [4.69, 9.17) is 0 Å². The molecular weight excluding hydrogens is 322 g/mol. The fraction of sp³-hybridized carbons (Fsp3) is 0.409. The third-order valence-electron chi connectivity index (χ3n) is 5.64. The molecule has 0 spiro atoms. The van der Waals surface area contributed by atoms with Gasteiger partial charge in [-0.05, 0) is 43.4 Å². The molecule has 1 unspecified atom stereocenters. The zero-order valence-electron chi connectivity index (χ0n) is 15.2. The number of anilines is 1. The van der Waals surface area contributed by atoms with Crippen LogP contribution in [-0.4, -0.2) is 36.6 Å². The van der Waals surface area contributed by atoms with Crippen molar-refractivity contribution < 1.29 is 4.79 Å². The molecule has 1 N–H and O–H groups in total. The lowest BCUT2D eigenvalue weighted by Crippen LogP contribution is -2.49. The zero-order chi connectivity index (χ0) is 17.8. The summed E-state index contributed by atoms with van der Waals surface area (Å²) in [5, 5.41) is 3.29. The summed E-state index contributed by atoms with van der Waals surface area (Å²) in [6.07, 6.45) is 4.15. The van der Waals surface area contributed by atoms with E-state index in [9.17, 15) is 4.79 Å². The summed E-state index contributed by atoms with van der Waals surface area (Å²) in [5.74, 6) is 0. The molecule has 2 aliphatic rings. The molecule has 2 heterocycles. The van der Waals surface area contributed by atoms with E-state index in [0.717, 1.165) is 45.3 Å². The average molecular weight is 349 g/mol. The maximum Gasteiger partial charge on any atom is 0.318 e. The van der Waals surface area contributed by atoms with Crippen molar-refractivity contribution in [3.63, 3.8) is 0 Å². The number of rotatable bonds is 3. The van der Waals surface area contributed by atoms with Gasteiger partial charge in [-0.25, -0.2) is 4.79 Å². The summed E-state index contributed by atoms with van der Waals surface area (Å²) in [6, 6.07) is 21.6. The fourth-order valence-corrected chi connectivity index (χ4v) is 4.21. The topological polar surface area (TPSA) is 35.6 Å². The fourth-order valence-electron chi connectivity index (χ4n) is 4.21. The van der Waals surface area contributed by atoms with E-state index in [0.29, 0.717) is 0 Å². The first kappa shape index (κ1) is 17.0. The number of carbonyl (C=O) groups excluding carboxylic acids is 1. The van der Waals surface area contributed by atoms with Gasteiger partial charge in [0, 0.05) is 31.4 Å². The Bertz CT molecular complexity index is 711. The Morgan fingerprint density at radius 2 is 1.50 bits per heavy atom. The molecule has 4 nitrogen and oxygen atoms in total. The summed E-state index contributed by atoms with van der Waals surface area (Å²) in [4.78, 5) is 17.3. The van der Waals surface area contributed by atoms with Crippen LogP contribution in [0, 0.1) is 0 Å². The Morgan fingerprint density at radius 3 is 2.19 bits per heavy atom. The van der Waals surface area contributed by atoms with E-state index in [-0.39, 0.29) is 18.1 Å². The predicted octanol–water partition coefficient (Wildman–Crippen LogP) is 4.20. The van der Waals surface area contributed by atoms with Gasteiger partial charge in [0.05, 0.1) is 6.04 Å². The lowest BCUT2D eigenvalue weighted by Gasteiger charge is -2.35. The largest absolute Gasteiger partial charge is 0.371 e. The lowest BCUT2D eigenvalue weighted by molar-refractivity contribution is 0.186. The number of para-hydroxylation sites is 1. The number of likely N-dealkylation sites (tertiary alicyclic amines) is 1. The van der Waals surface area contributed by atoms with Gasteiger partial charge in [-0.15, -0.1) is 0 Å². The first-order valence-electron chi connectivity index (χ1n) is 9.73. The Balaban J connectivity index is 1.33. The van der Waals surface area contributed by atoms with Crippen molar-refractivity contribution in [1.29, 1.82) is 0 Å². The van der Waals surface area contributed by atoms with Crippen LogP contribution in [0.1, 0.15) is 37.3 Å². The molecule has 4 heteroatoms. The summed E-state index contributed by atoms with van der Waals surface area (Å²) in [7, 11) is 0. The predicted molar refractivity (Wildman–Crippen MR) is 105 cm³/mol. The monoisotopic (exact) mass is 349 g/mol. The van der Waals surface area contributed by atoms with Gasteiger partial charge in [-0.1, -0.05) is 48.5 Å². The molecule has 2 aromatic carbocycles. The van der Waals surface area contributed by atoms with Crippen LogP contribution in [0.25, 0.3) is 0 Å². The average Bonchev–Trinajstić information content (AvgIpc) is 3.20. The second-order valence-corrected chi connectivity index (χ2v) is 7.31. The Kier molecular flexibility index (Phi) is 5.09. The molecule has 2 aromatic rings. The summed E-state index contributed by atoms with van der Waals surface area (Å²) < 4.78 is 0. The van der Waals surface area contributed by atoms with E-state index < -0.39 is 0 Å². The normalized spacial score (nSPS) is 21.0. The first-order valence-corrected chi connectivity index (χ1v) is 9.73. The molecule has 26 heavy (non-hydrogen) atoms. The minimum atomic E-state index is 0.106. The molecular formula is C22H27N3O. The van der Waals surface area contributed by atoms with Gasteiger partial charge in [-0.2, -0.15) is 0 Å². The van der Waals surface area contributed by atoms with Crippen LogP contribution in [0.4, 0.5) is 10.5 Å². The number of piperidine rings is 1. The Labute approximate surface area is 155 Å². The minimum Gasteiger partial charge on any atom is -0.371 e. The van der Waals surface area contributed by atoms with Gasteiger partial charge in [0.1, 0.15) is 0 Å². The van der Waals surface area contributed by atoms with Gasteiger partial charge >= 0.3 is 6.03 Å². The molecule has 2 fully saturated rings. The van der Waals surface area contributed by atoms with Crippen molar-refractivity contribution in [2.45, 2.75) is 37.8 Å². The number of amides is 2. The molecule has 2 aliphatic heterocycles. The van der Waals surface area contributed by atoms with E-state index in [1.54, 1.807) is 0 Å². The summed E-state index contributed by atoms with van der Waals surface area (Å²) >= 11 is 0. The summed E-state index contributed by atoms with van der Waals surface area (Å²) in [5.41, 5.74) is 2.53. The van der Waals surface area contributed by atoms with Gasteiger partial charge in [0.15, 0.2) is 0 Å². The SMILES string of the molecule is O=C(NC1CCN(c2ccccc2)CC1)N1CCCC1c1ccccc1. The van der Waals surface area contributed by atoms with Crippen molar-refractivity contribution >= 4 is 11.7 Å². The van der Waals surface area contributed by atoms with E-state index >= 15 is 0 Å². The molecule has 0 aromatic heterocycles. The van der Waals surface area contributed by atoms with Gasteiger partial charge in [0.25, 0.3) is 0 Å². The number of nitrogens with one attached hydrogen (secondary N) is 1.